The molecule has 0 heterocycles. The minimum atomic E-state index is -0.905. The zero-order chi connectivity index (χ0) is 23.8. The van der Waals surface area contributed by atoms with E-state index in [0.29, 0.717) is 18.8 Å². The SMILES string of the molecule is CC(C)CCC(NC(=O)OCC1c2ccccc2-c2ccccc21)C(=O)NCCCC(=O)O. The number of carboxylic acid groups (broad SMARTS) is 1. The van der Waals surface area contributed by atoms with E-state index in [2.05, 4.69) is 48.7 Å². The van der Waals surface area contributed by atoms with Crippen molar-refractivity contribution in [2.24, 2.45) is 5.92 Å². The Labute approximate surface area is 194 Å². The van der Waals surface area contributed by atoms with E-state index in [9.17, 15) is 14.4 Å². The van der Waals surface area contributed by atoms with E-state index in [1.54, 1.807) is 0 Å². The highest BCUT2D eigenvalue weighted by molar-refractivity contribution is 5.85. The van der Waals surface area contributed by atoms with Gasteiger partial charge in [-0.3, -0.25) is 9.59 Å². The Kier molecular flexibility index (Phi) is 8.46. The number of hydrogen-bond donors (Lipinski definition) is 3. The van der Waals surface area contributed by atoms with E-state index in [1.165, 1.54) is 0 Å². The molecule has 3 rings (SSSR count). The van der Waals surface area contributed by atoms with Crippen LogP contribution in [-0.2, 0) is 14.3 Å². The van der Waals surface area contributed by atoms with Crippen LogP contribution in [0.15, 0.2) is 48.5 Å². The average Bonchev–Trinajstić information content (AvgIpc) is 3.11. The highest BCUT2D eigenvalue weighted by atomic mass is 16.5. The molecule has 7 heteroatoms. The Hall–Kier alpha value is -3.35. The zero-order valence-corrected chi connectivity index (χ0v) is 19.2. The van der Waals surface area contributed by atoms with Gasteiger partial charge in [0.1, 0.15) is 12.6 Å². The van der Waals surface area contributed by atoms with Gasteiger partial charge < -0.3 is 20.5 Å². The Balaban J connectivity index is 1.59. The average molecular weight is 453 g/mol. The van der Waals surface area contributed by atoms with Gasteiger partial charge in [-0.1, -0.05) is 62.4 Å². The first-order valence-corrected chi connectivity index (χ1v) is 11.5. The van der Waals surface area contributed by atoms with Crippen LogP contribution in [-0.4, -0.2) is 42.3 Å². The molecule has 0 saturated carbocycles. The number of carbonyl (C=O) groups excluding carboxylic acids is 2. The molecule has 0 aliphatic heterocycles. The fraction of sp³-hybridized carbons (Fsp3) is 0.423. The number of carboxylic acids is 1. The van der Waals surface area contributed by atoms with E-state index < -0.39 is 18.1 Å². The van der Waals surface area contributed by atoms with Gasteiger partial charge in [0.05, 0.1) is 0 Å². The summed E-state index contributed by atoms with van der Waals surface area (Å²) in [4.78, 5) is 35.9. The summed E-state index contributed by atoms with van der Waals surface area (Å²) in [7, 11) is 0. The fourth-order valence-electron chi connectivity index (χ4n) is 4.13. The summed E-state index contributed by atoms with van der Waals surface area (Å²) in [5.74, 6) is -0.911. The molecule has 2 aromatic rings. The molecule has 0 radical (unpaired) electrons. The van der Waals surface area contributed by atoms with Crippen LogP contribution in [0.25, 0.3) is 11.1 Å². The van der Waals surface area contributed by atoms with Crippen LogP contribution >= 0.6 is 0 Å². The monoisotopic (exact) mass is 452 g/mol. The maximum absolute atomic E-state index is 12.6. The second-order valence-electron chi connectivity index (χ2n) is 8.78. The number of hydrogen-bond acceptors (Lipinski definition) is 4. The summed E-state index contributed by atoms with van der Waals surface area (Å²) in [6.45, 7) is 4.52. The largest absolute Gasteiger partial charge is 0.481 e. The number of ether oxygens (including phenoxy) is 1. The third-order valence-corrected chi connectivity index (χ3v) is 5.85. The number of fused-ring (bicyclic) bond motifs is 3. The van der Waals surface area contributed by atoms with Crippen molar-refractivity contribution in [1.29, 1.82) is 0 Å². The minimum absolute atomic E-state index is 0.0171. The van der Waals surface area contributed by atoms with Gasteiger partial charge >= 0.3 is 12.1 Å². The molecule has 0 spiro atoms. The zero-order valence-electron chi connectivity index (χ0n) is 19.2. The number of alkyl carbamates (subject to hydrolysis) is 1. The van der Waals surface area contributed by atoms with Crippen molar-refractivity contribution in [1.82, 2.24) is 10.6 Å². The van der Waals surface area contributed by atoms with Gasteiger partial charge in [-0.05, 0) is 47.4 Å². The molecular weight excluding hydrogens is 420 g/mol. The second kappa shape index (κ2) is 11.5. The molecule has 7 nitrogen and oxygen atoms in total. The number of nitrogens with one attached hydrogen (secondary N) is 2. The van der Waals surface area contributed by atoms with Gasteiger partial charge in [0.2, 0.25) is 5.91 Å². The summed E-state index contributed by atoms with van der Waals surface area (Å²) in [6.07, 6.45) is 0.926. The van der Waals surface area contributed by atoms with Gasteiger partial charge in [-0.2, -0.15) is 0 Å². The summed E-state index contributed by atoms with van der Waals surface area (Å²) in [5, 5.41) is 14.2. The standard InChI is InChI=1S/C26H32N2O5/c1-17(2)13-14-23(25(31)27-15-7-12-24(29)30)28-26(32)33-16-22-20-10-5-3-8-18(20)19-9-4-6-11-21(19)22/h3-6,8-11,17,22-23H,7,12-16H2,1-2H3,(H,27,31)(H,28,32)(H,29,30). The molecular formula is C26H32N2O5. The Morgan fingerprint density at radius 2 is 1.58 bits per heavy atom. The Morgan fingerprint density at radius 1 is 0.970 bits per heavy atom. The summed E-state index contributed by atoms with van der Waals surface area (Å²) in [6, 6.07) is 15.5. The van der Waals surface area contributed by atoms with Crippen molar-refractivity contribution < 1.29 is 24.2 Å². The number of benzene rings is 2. The number of aliphatic carboxylic acids is 1. The molecule has 3 N–H and O–H groups in total. The lowest BCUT2D eigenvalue weighted by Gasteiger charge is -2.20. The van der Waals surface area contributed by atoms with Crippen molar-refractivity contribution >= 4 is 18.0 Å². The molecule has 0 fully saturated rings. The van der Waals surface area contributed by atoms with Crippen LogP contribution in [0.4, 0.5) is 4.79 Å². The third-order valence-electron chi connectivity index (χ3n) is 5.85. The van der Waals surface area contributed by atoms with Gasteiger partial charge in [0.25, 0.3) is 0 Å². The summed E-state index contributed by atoms with van der Waals surface area (Å²) < 4.78 is 5.58. The molecule has 1 aliphatic rings. The summed E-state index contributed by atoms with van der Waals surface area (Å²) in [5.41, 5.74) is 4.55. The van der Waals surface area contributed by atoms with Crippen LogP contribution in [0.2, 0.25) is 0 Å². The van der Waals surface area contributed by atoms with Crippen LogP contribution in [0.1, 0.15) is 56.6 Å². The first kappa shape index (κ1) is 24.3. The highest BCUT2D eigenvalue weighted by Gasteiger charge is 2.29. The van der Waals surface area contributed by atoms with Crippen molar-refractivity contribution in [2.45, 2.75) is 51.5 Å². The predicted molar refractivity (Wildman–Crippen MR) is 126 cm³/mol. The quantitative estimate of drug-likeness (QED) is 0.441. The van der Waals surface area contributed by atoms with Crippen LogP contribution < -0.4 is 10.6 Å². The van der Waals surface area contributed by atoms with E-state index in [4.69, 9.17) is 9.84 Å². The maximum atomic E-state index is 12.6. The van der Waals surface area contributed by atoms with E-state index in [-0.39, 0.29) is 31.4 Å². The van der Waals surface area contributed by atoms with Gasteiger partial charge in [0.15, 0.2) is 0 Å². The maximum Gasteiger partial charge on any atom is 0.407 e. The molecule has 1 unspecified atom stereocenters. The topological polar surface area (TPSA) is 105 Å². The first-order chi connectivity index (χ1) is 15.9. The molecule has 33 heavy (non-hydrogen) atoms. The number of amides is 2. The molecule has 0 saturated heterocycles. The highest BCUT2D eigenvalue weighted by Crippen LogP contribution is 2.44. The number of carbonyl (C=O) groups is 3. The lowest BCUT2D eigenvalue weighted by Crippen LogP contribution is -2.47. The summed E-state index contributed by atoms with van der Waals surface area (Å²) >= 11 is 0. The predicted octanol–water partition coefficient (Wildman–Crippen LogP) is 4.31. The van der Waals surface area contributed by atoms with Gasteiger partial charge in [-0.15, -0.1) is 0 Å². The molecule has 2 amide bonds. The molecule has 1 atom stereocenters. The van der Waals surface area contributed by atoms with Crippen molar-refractivity contribution in [3.63, 3.8) is 0 Å². The smallest absolute Gasteiger partial charge is 0.407 e. The Morgan fingerprint density at radius 3 is 2.15 bits per heavy atom. The second-order valence-corrected chi connectivity index (χ2v) is 8.78. The van der Waals surface area contributed by atoms with E-state index in [1.807, 2.05) is 24.3 Å². The molecule has 1 aliphatic carbocycles. The minimum Gasteiger partial charge on any atom is -0.481 e. The number of rotatable bonds is 11. The van der Waals surface area contributed by atoms with E-state index >= 15 is 0 Å². The molecule has 176 valence electrons. The fourth-order valence-corrected chi connectivity index (χ4v) is 4.13. The normalized spacial score (nSPS) is 13.2. The van der Waals surface area contributed by atoms with Crippen LogP contribution in [0.5, 0.6) is 0 Å². The van der Waals surface area contributed by atoms with Crippen molar-refractivity contribution in [2.75, 3.05) is 13.2 Å². The van der Waals surface area contributed by atoms with Crippen LogP contribution in [0.3, 0.4) is 0 Å². The first-order valence-electron chi connectivity index (χ1n) is 11.5. The molecule has 0 bridgehead atoms. The third kappa shape index (κ3) is 6.57. The molecule has 0 aromatic heterocycles. The van der Waals surface area contributed by atoms with E-state index in [0.717, 1.165) is 28.7 Å². The van der Waals surface area contributed by atoms with Gasteiger partial charge in [0, 0.05) is 18.9 Å². The van der Waals surface area contributed by atoms with Crippen LogP contribution in [0, 0.1) is 5.92 Å². The molecule has 2 aromatic carbocycles. The van der Waals surface area contributed by atoms with Gasteiger partial charge in [-0.25, -0.2) is 4.79 Å². The van der Waals surface area contributed by atoms with Crippen molar-refractivity contribution in [3.05, 3.63) is 59.7 Å². The van der Waals surface area contributed by atoms with Crippen molar-refractivity contribution in [3.8, 4) is 11.1 Å². The lowest BCUT2D eigenvalue weighted by atomic mass is 9.98. The Bertz CT molecular complexity index is 943. The lowest BCUT2D eigenvalue weighted by molar-refractivity contribution is -0.137.